The van der Waals surface area contributed by atoms with Gasteiger partial charge in [0.15, 0.2) is 11.5 Å². The molecule has 1 fully saturated rings. The van der Waals surface area contributed by atoms with Crippen LogP contribution in [0.4, 0.5) is 0 Å². The molecule has 1 N–H and O–H groups in total. The first-order valence-electron chi connectivity index (χ1n) is 12.7. The highest BCUT2D eigenvalue weighted by Crippen LogP contribution is 2.28. The van der Waals surface area contributed by atoms with Gasteiger partial charge in [0.25, 0.3) is 5.91 Å². The number of carbonyl (C=O) groups excluding carboxylic acids is 2. The summed E-state index contributed by atoms with van der Waals surface area (Å²) >= 11 is 0. The predicted molar refractivity (Wildman–Crippen MR) is 141 cm³/mol. The minimum Gasteiger partial charge on any atom is -0.494 e. The lowest BCUT2D eigenvalue weighted by Crippen LogP contribution is -2.41. The second kappa shape index (κ2) is 12.7. The molecule has 0 radical (unpaired) electrons. The number of hydrogen-bond donors (Lipinski definition) is 1. The molecule has 1 aliphatic heterocycles. The van der Waals surface area contributed by atoms with Gasteiger partial charge in [-0.3, -0.25) is 9.59 Å². The summed E-state index contributed by atoms with van der Waals surface area (Å²) in [6, 6.07) is 13.3. The lowest BCUT2D eigenvalue weighted by atomic mass is 9.87. The van der Waals surface area contributed by atoms with E-state index < -0.39 is 0 Å². The number of nitrogens with one attached hydrogen (secondary N) is 1. The van der Waals surface area contributed by atoms with E-state index in [1.165, 1.54) is 5.56 Å². The smallest absolute Gasteiger partial charge is 0.251 e. The molecule has 1 saturated heterocycles. The van der Waals surface area contributed by atoms with Gasteiger partial charge in [0.2, 0.25) is 5.91 Å². The third kappa shape index (κ3) is 7.64. The van der Waals surface area contributed by atoms with Crippen LogP contribution < -0.4 is 19.5 Å². The van der Waals surface area contributed by atoms with Crippen molar-refractivity contribution in [3.63, 3.8) is 0 Å². The lowest BCUT2D eigenvalue weighted by Gasteiger charge is -2.32. The van der Waals surface area contributed by atoms with Gasteiger partial charge in [-0.05, 0) is 66.5 Å². The Morgan fingerprint density at radius 3 is 2.25 bits per heavy atom. The molecule has 0 aliphatic carbocycles. The number of methoxy groups -OCH3 is 2. The summed E-state index contributed by atoms with van der Waals surface area (Å²) in [7, 11) is 3.11. The number of carbonyl (C=O) groups is 2. The number of benzene rings is 2. The summed E-state index contributed by atoms with van der Waals surface area (Å²) in [4.78, 5) is 27.1. The molecule has 7 heteroatoms. The SMILES string of the molecule is COc1ccc(C(=O)NCC2CCN(C(=O)CCCOc3ccc(C(C)(C)C)cc3)CC2)cc1OC. The van der Waals surface area contributed by atoms with Gasteiger partial charge in [0.05, 0.1) is 20.8 Å². The van der Waals surface area contributed by atoms with Gasteiger partial charge in [-0.2, -0.15) is 0 Å². The lowest BCUT2D eigenvalue weighted by molar-refractivity contribution is -0.132. The molecule has 0 bridgehead atoms. The molecule has 2 aromatic carbocycles. The summed E-state index contributed by atoms with van der Waals surface area (Å²) in [6.07, 6.45) is 2.95. The quantitative estimate of drug-likeness (QED) is 0.477. The Morgan fingerprint density at radius 2 is 1.64 bits per heavy atom. The standard InChI is InChI=1S/C29H40N2O5/c1-29(2,3)23-9-11-24(12-10-23)36-18-6-7-27(32)31-16-14-21(15-17-31)20-30-28(33)22-8-13-25(34-4)26(19-22)35-5/h8-13,19,21H,6-7,14-18,20H2,1-5H3,(H,30,33). The first-order chi connectivity index (χ1) is 17.2. The molecule has 0 spiro atoms. The van der Waals surface area contributed by atoms with Crippen molar-refractivity contribution >= 4 is 11.8 Å². The van der Waals surface area contributed by atoms with Crippen molar-refractivity contribution in [1.29, 1.82) is 0 Å². The van der Waals surface area contributed by atoms with E-state index in [1.807, 2.05) is 17.0 Å². The van der Waals surface area contributed by atoms with Crippen molar-refractivity contribution < 1.29 is 23.8 Å². The van der Waals surface area contributed by atoms with Crippen LogP contribution in [0.5, 0.6) is 17.2 Å². The second-order valence-corrected chi connectivity index (χ2v) is 10.3. The zero-order valence-electron chi connectivity index (χ0n) is 22.3. The molecule has 3 rings (SSSR count). The van der Waals surface area contributed by atoms with Crippen LogP contribution in [-0.4, -0.2) is 57.2 Å². The van der Waals surface area contributed by atoms with Crippen LogP contribution in [-0.2, 0) is 10.2 Å². The van der Waals surface area contributed by atoms with Crippen molar-refractivity contribution in [1.82, 2.24) is 10.2 Å². The first kappa shape index (κ1) is 27.4. The van der Waals surface area contributed by atoms with Crippen LogP contribution >= 0.6 is 0 Å². The molecule has 0 atom stereocenters. The first-order valence-corrected chi connectivity index (χ1v) is 12.7. The van der Waals surface area contributed by atoms with E-state index in [4.69, 9.17) is 14.2 Å². The summed E-state index contributed by atoms with van der Waals surface area (Å²) in [5, 5.41) is 3.02. The molecule has 0 unspecified atom stereocenters. The summed E-state index contributed by atoms with van der Waals surface area (Å²) in [5.41, 5.74) is 1.93. The summed E-state index contributed by atoms with van der Waals surface area (Å²) < 4.78 is 16.3. The number of nitrogens with zero attached hydrogens (tertiary/aromatic N) is 1. The van der Waals surface area contributed by atoms with E-state index in [1.54, 1.807) is 32.4 Å². The van der Waals surface area contributed by atoms with Gasteiger partial charge in [-0.25, -0.2) is 0 Å². The number of likely N-dealkylation sites (tertiary alicyclic amines) is 1. The molecular formula is C29H40N2O5. The fourth-order valence-corrected chi connectivity index (χ4v) is 4.33. The van der Waals surface area contributed by atoms with Crippen LogP contribution in [0.15, 0.2) is 42.5 Å². The van der Waals surface area contributed by atoms with Crippen molar-refractivity contribution in [3.8, 4) is 17.2 Å². The largest absolute Gasteiger partial charge is 0.494 e. The molecular weight excluding hydrogens is 456 g/mol. The number of rotatable bonds is 10. The molecule has 1 aliphatic rings. The van der Waals surface area contributed by atoms with E-state index in [-0.39, 0.29) is 17.2 Å². The third-order valence-corrected chi connectivity index (χ3v) is 6.69. The second-order valence-electron chi connectivity index (χ2n) is 10.3. The number of hydrogen-bond acceptors (Lipinski definition) is 5. The number of ether oxygens (including phenoxy) is 3. The van der Waals surface area contributed by atoms with Crippen molar-refractivity contribution in [3.05, 3.63) is 53.6 Å². The maximum atomic E-state index is 12.6. The summed E-state index contributed by atoms with van der Waals surface area (Å²) in [6.45, 7) is 9.14. The Hall–Kier alpha value is -3.22. The fourth-order valence-electron chi connectivity index (χ4n) is 4.33. The van der Waals surface area contributed by atoms with Crippen LogP contribution in [0.2, 0.25) is 0 Å². The molecule has 7 nitrogen and oxygen atoms in total. The van der Waals surface area contributed by atoms with Crippen LogP contribution in [0, 0.1) is 5.92 Å². The Morgan fingerprint density at radius 1 is 0.972 bits per heavy atom. The van der Waals surface area contributed by atoms with Gasteiger partial charge in [0, 0.05) is 31.6 Å². The van der Waals surface area contributed by atoms with E-state index in [0.29, 0.717) is 49.0 Å². The molecule has 1 heterocycles. The van der Waals surface area contributed by atoms with Crippen molar-refractivity contribution in [2.45, 2.75) is 51.9 Å². The zero-order valence-corrected chi connectivity index (χ0v) is 22.3. The van der Waals surface area contributed by atoms with E-state index in [0.717, 1.165) is 31.7 Å². The maximum absolute atomic E-state index is 12.6. The van der Waals surface area contributed by atoms with Crippen LogP contribution in [0.3, 0.4) is 0 Å². The number of piperidine rings is 1. The highest BCUT2D eigenvalue weighted by atomic mass is 16.5. The molecule has 2 aromatic rings. The average molecular weight is 497 g/mol. The monoisotopic (exact) mass is 496 g/mol. The topological polar surface area (TPSA) is 77.1 Å². The Kier molecular flexibility index (Phi) is 9.62. The third-order valence-electron chi connectivity index (χ3n) is 6.69. The number of amides is 2. The molecule has 0 saturated carbocycles. The highest BCUT2D eigenvalue weighted by molar-refractivity contribution is 5.94. The highest BCUT2D eigenvalue weighted by Gasteiger charge is 2.23. The molecule has 0 aromatic heterocycles. The Labute approximate surface area is 215 Å². The maximum Gasteiger partial charge on any atom is 0.251 e. The van der Waals surface area contributed by atoms with E-state index in [2.05, 4.69) is 38.2 Å². The van der Waals surface area contributed by atoms with Gasteiger partial charge >= 0.3 is 0 Å². The Bertz CT molecular complexity index is 1010. The molecule has 2 amide bonds. The van der Waals surface area contributed by atoms with Crippen molar-refractivity contribution in [2.24, 2.45) is 5.92 Å². The normalized spacial score (nSPS) is 14.3. The fraction of sp³-hybridized carbons (Fsp3) is 0.517. The van der Waals surface area contributed by atoms with Crippen LogP contribution in [0.25, 0.3) is 0 Å². The van der Waals surface area contributed by atoms with Gasteiger partial charge in [0.1, 0.15) is 5.75 Å². The minimum atomic E-state index is -0.137. The van der Waals surface area contributed by atoms with E-state index >= 15 is 0 Å². The Balaban J connectivity index is 1.33. The predicted octanol–water partition coefficient (Wildman–Crippen LogP) is 4.83. The van der Waals surface area contributed by atoms with Crippen molar-refractivity contribution in [2.75, 3.05) is 40.5 Å². The van der Waals surface area contributed by atoms with Gasteiger partial charge < -0.3 is 24.4 Å². The average Bonchev–Trinajstić information content (AvgIpc) is 2.89. The van der Waals surface area contributed by atoms with Crippen LogP contribution in [0.1, 0.15) is 62.4 Å². The zero-order chi connectivity index (χ0) is 26.1. The summed E-state index contributed by atoms with van der Waals surface area (Å²) in [5.74, 6) is 2.36. The molecule has 196 valence electrons. The molecule has 36 heavy (non-hydrogen) atoms. The van der Waals surface area contributed by atoms with Gasteiger partial charge in [-0.15, -0.1) is 0 Å². The van der Waals surface area contributed by atoms with E-state index in [9.17, 15) is 9.59 Å². The van der Waals surface area contributed by atoms with Gasteiger partial charge in [-0.1, -0.05) is 32.9 Å². The minimum absolute atomic E-state index is 0.120.